The van der Waals surface area contributed by atoms with Gasteiger partial charge in [-0.05, 0) is 12.8 Å². The maximum Gasteiger partial charge on any atom is 0.148 e. The number of nitrogens with one attached hydrogen (secondary N) is 1. The molecule has 0 aliphatic heterocycles. The summed E-state index contributed by atoms with van der Waals surface area (Å²) in [6.45, 7) is 0.445. The molecule has 1 fully saturated rings. The van der Waals surface area contributed by atoms with Gasteiger partial charge in [-0.15, -0.1) is 0 Å². The van der Waals surface area contributed by atoms with Crippen LogP contribution in [0.5, 0.6) is 0 Å². The lowest BCUT2D eigenvalue weighted by Gasteiger charge is -2.21. The van der Waals surface area contributed by atoms with E-state index in [1.807, 2.05) is 0 Å². The van der Waals surface area contributed by atoms with E-state index in [9.17, 15) is 13.5 Å². The summed E-state index contributed by atoms with van der Waals surface area (Å²) in [7, 11) is -2.90. The topological polar surface area (TPSA) is 66.4 Å². The maximum absolute atomic E-state index is 10.9. The molecule has 0 spiro atoms. The third kappa shape index (κ3) is 5.49. The third-order valence-corrected chi connectivity index (χ3v) is 3.80. The predicted octanol–water partition coefficient (Wildman–Crippen LogP) is 0.314. The van der Waals surface area contributed by atoms with Gasteiger partial charge in [0.2, 0.25) is 0 Å². The van der Waals surface area contributed by atoms with Gasteiger partial charge in [0.15, 0.2) is 0 Å². The summed E-state index contributed by atoms with van der Waals surface area (Å²) < 4.78 is 21.8. The Labute approximate surface area is 92.0 Å². The van der Waals surface area contributed by atoms with Crippen molar-refractivity contribution in [3.63, 3.8) is 0 Å². The SMILES string of the molecule is CS(=O)(=O)CCNC1CCCCCC1O. The van der Waals surface area contributed by atoms with Crippen molar-refractivity contribution < 1.29 is 13.5 Å². The van der Waals surface area contributed by atoms with E-state index in [1.165, 1.54) is 12.7 Å². The molecule has 1 aliphatic carbocycles. The van der Waals surface area contributed by atoms with E-state index in [2.05, 4.69) is 5.32 Å². The molecule has 4 nitrogen and oxygen atoms in total. The fourth-order valence-corrected chi connectivity index (χ4v) is 2.44. The average molecular weight is 235 g/mol. The van der Waals surface area contributed by atoms with Crippen LogP contribution in [-0.4, -0.2) is 44.2 Å². The number of sulfone groups is 1. The quantitative estimate of drug-likeness (QED) is 0.688. The van der Waals surface area contributed by atoms with Crippen LogP contribution in [0.3, 0.4) is 0 Å². The summed E-state index contributed by atoms with van der Waals surface area (Å²) in [5.74, 6) is 0.149. The lowest BCUT2D eigenvalue weighted by atomic mass is 10.1. The van der Waals surface area contributed by atoms with Gasteiger partial charge < -0.3 is 10.4 Å². The standard InChI is InChI=1S/C10H21NO3S/c1-15(13,14)8-7-11-9-5-3-2-4-6-10(9)12/h9-12H,2-8H2,1H3. The first-order valence-electron chi connectivity index (χ1n) is 5.58. The monoisotopic (exact) mass is 235 g/mol. The van der Waals surface area contributed by atoms with E-state index in [1.54, 1.807) is 0 Å². The van der Waals surface area contributed by atoms with E-state index >= 15 is 0 Å². The van der Waals surface area contributed by atoms with Crippen molar-refractivity contribution in [1.29, 1.82) is 0 Å². The highest BCUT2D eigenvalue weighted by Crippen LogP contribution is 2.17. The van der Waals surface area contributed by atoms with Crippen molar-refractivity contribution in [1.82, 2.24) is 5.32 Å². The second-order valence-corrected chi connectivity index (χ2v) is 6.66. The molecule has 1 saturated carbocycles. The van der Waals surface area contributed by atoms with Crippen LogP contribution in [0.25, 0.3) is 0 Å². The molecule has 1 aliphatic rings. The summed E-state index contributed by atoms with van der Waals surface area (Å²) in [5, 5.41) is 12.9. The van der Waals surface area contributed by atoms with Crippen molar-refractivity contribution >= 4 is 9.84 Å². The lowest BCUT2D eigenvalue weighted by Crippen LogP contribution is -2.41. The molecule has 0 heterocycles. The highest BCUT2D eigenvalue weighted by Gasteiger charge is 2.20. The second-order valence-electron chi connectivity index (χ2n) is 4.40. The van der Waals surface area contributed by atoms with Crippen molar-refractivity contribution in [3.8, 4) is 0 Å². The Bertz CT molecular complexity index is 276. The lowest BCUT2D eigenvalue weighted by molar-refractivity contribution is 0.121. The minimum Gasteiger partial charge on any atom is -0.392 e. The second kappa shape index (κ2) is 5.82. The van der Waals surface area contributed by atoms with Crippen molar-refractivity contribution in [2.75, 3.05) is 18.6 Å². The molecule has 0 saturated heterocycles. The number of aliphatic hydroxyl groups excluding tert-OH is 1. The zero-order valence-corrected chi connectivity index (χ0v) is 10.1. The van der Waals surface area contributed by atoms with E-state index in [-0.39, 0.29) is 17.9 Å². The Hall–Kier alpha value is -0.130. The smallest absolute Gasteiger partial charge is 0.148 e. The molecule has 0 aromatic carbocycles. The van der Waals surface area contributed by atoms with Gasteiger partial charge in [0.1, 0.15) is 9.84 Å². The van der Waals surface area contributed by atoms with Gasteiger partial charge in [0.05, 0.1) is 11.9 Å². The molecule has 0 aromatic rings. The van der Waals surface area contributed by atoms with Gasteiger partial charge in [-0.1, -0.05) is 19.3 Å². The fraction of sp³-hybridized carbons (Fsp3) is 1.00. The Balaban J connectivity index is 2.29. The van der Waals surface area contributed by atoms with Gasteiger partial charge in [-0.25, -0.2) is 8.42 Å². The van der Waals surface area contributed by atoms with Crippen molar-refractivity contribution in [2.45, 2.75) is 44.2 Å². The van der Waals surface area contributed by atoms with Crippen LogP contribution in [0.1, 0.15) is 32.1 Å². The molecular weight excluding hydrogens is 214 g/mol. The number of hydrogen-bond donors (Lipinski definition) is 2. The molecule has 0 amide bonds. The van der Waals surface area contributed by atoms with Crippen LogP contribution in [-0.2, 0) is 9.84 Å². The van der Waals surface area contributed by atoms with Gasteiger partial charge in [0.25, 0.3) is 0 Å². The zero-order valence-electron chi connectivity index (χ0n) is 9.28. The minimum atomic E-state index is -2.90. The normalized spacial score (nSPS) is 28.7. The largest absolute Gasteiger partial charge is 0.392 e. The Kier molecular flexibility index (Phi) is 5.02. The Morgan fingerprint density at radius 1 is 1.27 bits per heavy atom. The molecule has 1 rings (SSSR count). The molecular formula is C10H21NO3S. The molecule has 0 bridgehead atoms. The van der Waals surface area contributed by atoms with E-state index in [0.717, 1.165) is 25.7 Å². The number of rotatable bonds is 4. The molecule has 0 aromatic heterocycles. The highest BCUT2D eigenvalue weighted by atomic mass is 32.2. The molecule has 90 valence electrons. The number of hydrogen-bond acceptors (Lipinski definition) is 4. The Morgan fingerprint density at radius 2 is 1.93 bits per heavy atom. The summed E-state index contributed by atoms with van der Waals surface area (Å²) in [4.78, 5) is 0. The van der Waals surface area contributed by atoms with Crippen LogP contribution in [0.15, 0.2) is 0 Å². The van der Waals surface area contributed by atoms with E-state index < -0.39 is 9.84 Å². The first-order chi connectivity index (χ1) is 6.99. The molecule has 2 N–H and O–H groups in total. The number of aliphatic hydroxyl groups is 1. The van der Waals surface area contributed by atoms with Crippen molar-refractivity contribution in [2.24, 2.45) is 0 Å². The molecule has 2 atom stereocenters. The highest BCUT2D eigenvalue weighted by molar-refractivity contribution is 7.90. The fourth-order valence-electron chi connectivity index (χ4n) is 1.96. The van der Waals surface area contributed by atoms with Crippen LogP contribution in [0, 0.1) is 0 Å². The minimum absolute atomic E-state index is 0.0780. The first-order valence-corrected chi connectivity index (χ1v) is 7.64. The van der Waals surface area contributed by atoms with E-state index in [0.29, 0.717) is 6.54 Å². The van der Waals surface area contributed by atoms with Crippen molar-refractivity contribution in [3.05, 3.63) is 0 Å². The van der Waals surface area contributed by atoms with Crippen LogP contribution >= 0.6 is 0 Å². The zero-order chi connectivity index (χ0) is 11.3. The summed E-state index contributed by atoms with van der Waals surface area (Å²) >= 11 is 0. The van der Waals surface area contributed by atoms with Gasteiger partial charge >= 0.3 is 0 Å². The van der Waals surface area contributed by atoms with Crippen LogP contribution < -0.4 is 5.32 Å². The molecule has 0 radical (unpaired) electrons. The summed E-state index contributed by atoms with van der Waals surface area (Å²) in [6.07, 6.45) is 6.06. The van der Waals surface area contributed by atoms with Crippen LogP contribution in [0.4, 0.5) is 0 Å². The van der Waals surface area contributed by atoms with E-state index in [4.69, 9.17) is 0 Å². The maximum atomic E-state index is 10.9. The molecule has 5 heteroatoms. The average Bonchev–Trinajstić information content (AvgIpc) is 2.30. The van der Waals surface area contributed by atoms with Gasteiger partial charge in [-0.2, -0.15) is 0 Å². The van der Waals surface area contributed by atoms with Gasteiger partial charge in [0, 0.05) is 18.8 Å². The molecule has 2 unspecified atom stereocenters. The van der Waals surface area contributed by atoms with Crippen LogP contribution in [0.2, 0.25) is 0 Å². The molecule has 15 heavy (non-hydrogen) atoms. The first kappa shape index (κ1) is 12.9. The summed E-state index contributed by atoms with van der Waals surface area (Å²) in [5.41, 5.74) is 0. The predicted molar refractivity (Wildman–Crippen MR) is 60.6 cm³/mol. The Morgan fingerprint density at radius 3 is 2.60 bits per heavy atom. The summed E-state index contributed by atoms with van der Waals surface area (Å²) in [6, 6.07) is 0.0780. The third-order valence-electron chi connectivity index (χ3n) is 2.86. The van der Waals surface area contributed by atoms with Gasteiger partial charge in [-0.3, -0.25) is 0 Å².